The van der Waals surface area contributed by atoms with E-state index in [4.69, 9.17) is 9.15 Å². The molecule has 8 nitrogen and oxygen atoms in total. The van der Waals surface area contributed by atoms with E-state index in [-0.39, 0.29) is 29.9 Å². The van der Waals surface area contributed by atoms with Gasteiger partial charge >= 0.3 is 0 Å². The molecule has 1 aromatic rings. The highest BCUT2D eigenvalue weighted by Gasteiger charge is 2.36. The van der Waals surface area contributed by atoms with Crippen molar-refractivity contribution in [3.8, 4) is 5.95 Å². The largest absolute Gasteiger partial charge is 0.465 e. The van der Waals surface area contributed by atoms with E-state index in [1.807, 2.05) is 0 Å². The summed E-state index contributed by atoms with van der Waals surface area (Å²) >= 11 is 0. The van der Waals surface area contributed by atoms with Crippen molar-refractivity contribution in [1.82, 2.24) is 15.5 Å². The zero-order chi connectivity index (χ0) is 16.1. The number of hydrogen-bond donors (Lipinski definition) is 2. The Bertz CT molecular complexity index is 569. The molecule has 1 aliphatic rings. The topological polar surface area (TPSA) is 101 Å². The number of amides is 3. The summed E-state index contributed by atoms with van der Waals surface area (Å²) < 4.78 is 10.5. The first-order chi connectivity index (χ1) is 10.6. The van der Waals surface area contributed by atoms with Crippen LogP contribution in [-0.4, -0.2) is 55.4 Å². The molecule has 1 fully saturated rings. The summed E-state index contributed by atoms with van der Waals surface area (Å²) in [6, 6.07) is 2.20. The average molecular weight is 309 g/mol. The Labute approximate surface area is 127 Å². The summed E-state index contributed by atoms with van der Waals surface area (Å²) in [5, 5.41) is 5.11. The minimum Gasteiger partial charge on any atom is -0.465 e. The summed E-state index contributed by atoms with van der Waals surface area (Å²) in [7, 11) is 1.48. The van der Waals surface area contributed by atoms with Gasteiger partial charge < -0.3 is 24.7 Å². The van der Waals surface area contributed by atoms with Crippen molar-refractivity contribution in [3.05, 3.63) is 17.9 Å². The van der Waals surface area contributed by atoms with E-state index in [1.165, 1.54) is 18.0 Å². The minimum absolute atomic E-state index is 0.0834. The number of piperazine rings is 1. The molecule has 0 aromatic carbocycles. The van der Waals surface area contributed by atoms with E-state index in [9.17, 15) is 14.4 Å². The van der Waals surface area contributed by atoms with Crippen LogP contribution in [-0.2, 0) is 9.59 Å². The molecule has 2 heterocycles. The van der Waals surface area contributed by atoms with Crippen molar-refractivity contribution in [3.63, 3.8) is 0 Å². The van der Waals surface area contributed by atoms with Crippen LogP contribution in [0.25, 0.3) is 0 Å². The van der Waals surface area contributed by atoms with Crippen LogP contribution in [0.3, 0.4) is 0 Å². The van der Waals surface area contributed by atoms with Crippen LogP contribution in [0.4, 0.5) is 0 Å². The van der Waals surface area contributed by atoms with Gasteiger partial charge in [0, 0.05) is 26.2 Å². The lowest BCUT2D eigenvalue weighted by atomic mass is 10.1. The van der Waals surface area contributed by atoms with Gasteiger partial charge in [-0.1, -0.05) is 0 Å². The van der Waals surface area contributed by atoms with Gasteiger partial charge in [-0.25, -0.2) is 0 Å². The van der Waals surface area contributed by atoms with Crippen LogP contribution < -0.4 is 15.4 Å². The highest BCUT2D eigenvalue weighted by atomic mass is 16.6. The van der Waals surface area contributed by atoms with Gasteiger partial charge in [-0.15, -0.1) is 0 Å². The van der Waals surface area contributed by atoms with E-state index in [2.05, 4.69) is 10.6 Å². The van der Waals surface area contributed by atoms with Crippen LogP contribution in [0.5, 0.6) is 5.95 Å². The predicted octanol–water partition coefficient (Wildman–Crippen LogP) is -0.245. The molecule has 1 atom stereocenters. The minimum atomic E-state index is -0.846. The maximum atomic E-state index is 12.5. The molecule has 1 saturated heterocycles. The number of nitrogens with zero attached hydrogens (tertiary/aromatic N) is 1. The van der Waals surface area contributed by atoms with Crippen LogP contribution >= 0.6 is 0 Å². The van der Waals surface area contributed by atoms with Gasteiger partial charge in [0.2, 0.25) is 11.8 Å². The quantitative estimate of drug-likeness (QED) is 0.781. The third-order valence-electron chi connectivity index (χ3n) is 3.33. The summed E-state index contributed by atoms with van der Waals surface area (Å²) in [4.78, 5) is 37.4. The Hall–Kier alpha value is -2.51. The third-order valence-corrected chi connectivity index (χ3v) is 3.33. The van der Waals surface area contributed by atoms with E-state index < -0.39 is 11.9 Å². The van der Waals surface area contributed by atoms with Gasteiger partial charge in [-0.05, 0) is 13.0 Å². The summed E-state index contributed by atoms with van der Waals surface area (Å²) in [6.07, 6.45) is -0.0902. The maximum absolute atomic E-state index is 12.5. The summed E-state index contributed by atoms with van der Waals surface area (Å²) in [6.45, 7) is 2.88. The fourth-order valence-corrected chi connectivity index (χ4v) is 2.23. The van der Waals surface area contributed by atoms with E-state index >= 15 is 0 Å². The fraction of sp³-hybridized carbons (Fsp3) is 0.500. The second-order valence-corrected chi connectivity index (χ2v) is 4.73. The third kappa shape index (κ3) is 3.38. The van der Waals surface area contributed by atoms with Gasteiger partial charge in [-0.3, -0.25) is 14.4 Å². The lowest BCUT2D eigenvalue weighted by Crippen LogP contribution is -2.58. The predicted molar refractivity (Wildman–Crippen MR) is 76.4 cm³/mol. The van der Waals surface area contributed by atoms with Crippen molar-refractivity contribution in [2.24, 2.45) is 0 Å². The van der Waals surface area contributed by atoms with Gasteiger partial charge in [0.25, 0.3) is 11.9 Å². The first-order valence-electron chi connectivity index (χ1n) is 7.08. The molecule has 3 amide bonds. The second-order valence-electron chi connectivity index (χ2n) is 4.73. The normalized spacial score (nSPS) is 17.8. The molecular weight excluding hydrogens is 290 g/mol. The maximum Gasteiger partial charge on any atom is 0.290 e. The number of carbonyl (C=O) groups is 3. The van der Waals surface area contributed by atoms with Gasteiger partial charge in [0.1, 0.15) is 6.04 Å². The molecule has 8 heteroatoms. The van der Waals surface area contributed by atoms with Gasteiger partial charge in [0.15, 0.2) is 5.76 Å². The zero-order valence-electron chi connectivity index (χ0n) is 12.5. The van der Waals surface area contributed by atoms with Crippen LogP contribution in [0.1, 0.15) is 23.9 Å². The molecule has 1 aromatic heterocycles. The fourth-order valence-electron chi connectivity index (χ4n) is 2.23. The summed E-state index contributed by atoms with van der Waals surface area (Å²) in [5.41, 5.74) is 0. The van der Waals surface area contributed by atoms with Crippen molar-refractivity contribution >= 4 is 17.7 Å². The molecule has 2 rings (SSSR count). The molecule has 0 spiro atoms. The van der Waals surface area contributed by atoms with Crippen LogP contribution in [0.15, 0.2) is 16.5 Å². The van der Waals surface area contributed by atoms with Crippen molar-refractivity contribution in [2.45, 2.75) is 19.4 Å². The summed E-state index contributed by atoms with van der Waals surface area (Å²) in [5.74, 6) is -0.765. The lowest BCUT2D eigenvalue weighted by Gasteiger charge is -2.34. The monoisotopic (exact) mass is 309 g/mol. The molecule has 0 radical (unpaired) electrons. The number of carbonyl (C=O) groups excluding carboxylic acids is 3. The Morgan fingerprint density at radius 3 is 2.95 bits per heavy atom. The Morgan fingerprint density at radius 1 is 1.50 bits per heavy atom. The molecular formula is C14H19N3O5. The molecule has 1 aliphatic heterocycles. The number of nitrogens with one attached hydrogen (secondary N) is 2. The molecule has 0 aliphatic carbocycles. The van der Waals surface area contributed by atoms with Crippen molar-refractivity contribution in [1.29, 1.82) is 0 Å². The molecule has 2 N–H and O–H groups in total. The standard InChI is InChI=1S/C14H19N3O5/c1-3-21-12-5-4-10(22-12)14(20)17-7-6-16-13(19)9(17)8-11(18)15-2/h4-5,9H,3,6-8H2,1-2H3,(H,15,18)(H,16,19)/t9-/m1/s1. The molecule has 0 bridgehead atoms. The number of rotatable bonds is 5. The molecule has 22 heavy (non-hydrogen) atoms. The zero-order valence-corrected chi connectivity index (χ0v) is 12.5. The highest BCUT2D eigenvalue weighted by molar-refractivity contribution is 5.98. The van der Waals surface area contributed by atoms with E-state index in [0.717, 1.165) is 0 Å². The van der Waals surface area contributed by atoms with E-state index in [0.29, 0.717) is 19.7 Å². The van der Waals surface area contributed by atoms with Gasteiger partial charge in [-0.2, -0.15) is 0 Å². The van der Waals surface area contributed by atoms with Crippen LogP contribution in [0, 0.1) is 0 Å². The second kappa shape index (κ2) is 6.97. The lowest BCUT2D eigenvalue weighted by molar-refractivity contribution is -0.132. The molecule has 0 unspecified atom stereocenters. The number of ether oxygens (including phenoxy) is 1. The first kappa shape index (κ1) is 15.9. The Balaban J connectivity index is 2.16. The van der Waals surface area contributed by atoms with Crippen LogP contribution in [0.2, 0.25) is 0 Å². The van der Waals surface area contributed by atoms with Crippen molar-refractivity contribution in [2.75, 3.05) is 26.7 Å². The molecule has 0 saturated carbocycles. The number of hydrogen-bond acceptors (Lipinski definition) is 5. The SMILES string of the molecule is CCOc1ccc(C(=O)N2CCNC(=O)[C@H]2CC(=O)NC)o1. The Morgan fingerprint density at radius 2 is 2.27 bits per heavy atom. The Kier molecular flexibility index (Phi) is 5.03. The first-order valence-corrected chi connectivity index (χ1v) is 7.08. The van der Waals surface area contributed by atoms with Gasteiger partial charge in [0.05, 0.1) is 13.0 Å². The number of furan rings is 1. The molecule has 120 valence electrons. The average Bonchev–Trinajstić information content (AvgIpc) is 2.97. The highest BCUT2D eigenvalue weighted by Crippen LogP contribution is 2.20. The smallest absolute Gasteiger partial charge is 0.290 e. The van der Waals surface area contributed by atoms with E-state index in [1.54, 1.807) is 13.0 Å². The van der Waals surface area contributed by atoms with Crippen molar-refractivity contribution < 1.29 is 23.5 Å².